The number of para-hydroxylation sites is 1. The number of nitrogens with one attached hydrogen (secondary N) is 3. The second-order valence-corrected chi connectivity index (χ2v) is 10.2. The van der Waals surface area contributed by atoms with Gasteiger partial charge in [-0.25, -0.2) is 9.37 Å². The summed E-state index contributed by atoms with van der Waals surface area (Å²) < 4.78 is 16.0. The van der Waals surface area contributed by atoms with E-state index in [1.165, 1.54) is 18.8 Å². The van der Waals surface area contributed by atoms with Gasteiger partial charge >= 0.3 is 0 Å². The maximum absolute atomic E-state index is 16.0. The van der Waals surface area contributed by atoms with Crippen LogP contribution in [0.5, 0.6) is 0 Å². The fourth-order valence-corrected chi connectivity index (χ4v) is 5.09. The number of aromatic nitrogens is 6. The van der Waals surface area contributed by atoms with Gasteiger partial charge in [0.2, 0.25) is 5.91 Å². The predicted molar refractivity (Wildman–Crippen MR) is 146 cm³/mol. The number of piperidine rings is 1. The first-order chi connectivity index (χ1) is 18.5. The van der Waals surface area contributed by atoms with E-state index in [1.807, 2.05) is 26.0 Å². The topological polar surface area (TPSA) is 115 Å². The number of rotatable bonds is 6. The van der Waals surface area contributed by atoms with E-state index in [2.05, 4.69) is 41.4 Å². The Labute approximate surface area is 218 Å². The first-order valence-corrected chi connectivity index (χ1v) is 13.0. The normalized spacial score (nSPS) is 14.1. The number of carbonyl (C=O) groups is 1. The molecule has 194 valence electrons. The van der Waals surface area contributed by atoms with Gasteiger partial charge in [0, 0.05) is 31.3 Å². The van der Waals surface area contributed by atoms with Crippen LogP contribution in [0.4, 0.5) is 15.8 Å². The first-order valence-electron chi connectivity index (χ1n) is 13.0. The van der Waals surface area contributed by atoms with E-state index in [1.54, 1.807) is 12.3 Å². The van der Waals surface area contributed by atoms with Crippen LogP contribution in [0.15, 0.2) is 42.9 Å². The molecule has 1 amide bonds. The average molecular weight is 513 g/mol. The highest BCUT2D eigenvalue weighted by molar-refractivity contribution is 5.97. The molecule has 10 heteroatoms. The summed E-state index contributed by atoms with van der Waals surface area (Å²) in [4.78, 5) is 31.3. The van der Waals surface area contributed by atoms with E-state index in [0.717, 1.165) is 42.7 Å². The fraction of sp³-hybridized carbons (Fsp3) is 0.321. The molecule has 1 aliphatic rings. The molecule has 0 bridgehead atoms. The highest BCUT2D eigenvalue weighted by Gasteiger charge is 2.22. The van der Waals surface area contributed by atoms with Crippen molar-refractivity contribution in [1.29, 1.82) is 0 Å². The minimum absolute atomic E-state index is 0.117. The Kier molecular flexibility index (Phi) is 6.22. The molecule has 1 fully saturated rings. The quantitative estimate of drug-likeness (QED) is 0.270. The number of H-pyrrole nitrogens is 2. The third-order valence-corrected chi connectivity index (χ3v) is 6.85. The van der Waals surface area contributed by atoms with Crippen molar-refractivity contribution in [3.63, 3.8) is 0 Å². The molecule has 0 unspecified atom stereocenters. The number of benzene rings is 1. The lowest BCUT2D eigenvalue weighted by Gasteiger charge is -2.28. The number of halogens is 1. The summed E-state index contributed by atoms with van der Waals surface area (Å²) in [6.07, 6.45) is 8.58. The van der Waals surface area contributed by atoms with Crippen LogP contribution in [-0.4, -0.2) is 49.1 Å². The van der Waals surface area contributed by atoms with Crippen LogP contribution in [0, 0.1) is 11.7 Å². The SMILES string of the molecule is CC(C)CC(=O)Nc1cncc(-c2ncc3[nH]nc(-c4nc5c(N6CCCCC6)cccc5[nH]4)c3c2F)c1. The number of pyridine rings is 2. The molecule has 0 spiro atoms. The van der Waals surface area contributed by atoms with Crippen molar-refractivity contribution in [2.24, 2.45) is 5.92 Å². The smallest absolute Gasteiger partial charge is 0.224 e. The zero-order valence-corrected chi connectivity index (χ0v) is 21.4. The van der Waals surface area contributed by atoms with Crippen LogP contribution < -0.4 is 10.2 Å². The van der Waals surface area contributed by atoms with Crippen LogP contribution in [0.3, 0.4) is 0 Å². The molecule has 0 aliphatic carbocycles. The lowest BCUT2D eigenvalue weighted by atomic mass is 10.1. The van der Waals surface area contributed by atoms with Crippen LogP contribution >= 0.6 is 0 Å². The van der Waals surface area contributed by atoms with Crippen molar-refractivity contribution in [1.82, 2.24) is 30.1 Å². The molecule has 38 heavy (non-hydrogen) atoms. The van der Waals surface area contributed by atoms with Gasteiger partial charge in [-0.1, -0.05) is 19.9 Å². The standard InChI is InChI=1S/C28H29FN8O/c1-16(2)11-22(38)32-18-12-17(13-30-14-18)25-24(29)23-20(15-31-25)35-36-27(23)28-33-19-7-6-8-21(26(19)34-28)37-9-4-3-5-10-37/h6-8,12-16H,3-5,9-11H2,1-2H3,(H,32,38)(H,33,34)(H,35,36). The third kappa shape index (κ3) is 4.46. The Morgan fingerprint density at radius 1 is 1.11 bits per heavy atom. The molecular weight excluding hydrogens is 483 g/mol. The van der Waals surface area contributed by atoms with Gasteiger partial charge in [-0.2, -0.15) is 5.10 Å². The number of fused-ring (bicyclic) bond motifs is 2. The second kappa shape index (κ2) is 9.85. The maximum atomic E-state index is 16.0. The molecule has 5 heterocycles. The molecule has 4 aromatic heterocycles. The van der Waals surface area contributed by atoms with Gasteiger partial charge in [-0.05, 0) is 43.4 Å². The van der Waals surface area contributed by atoms with Gasteiger partial charge in [0.25, 0.3) is 0 Å². The van der Waals surface area contributed by atoms with Crippen molar-refractivity contribution in [3.8, 4) is 22.8 Å². The van der Waals surface area contributed by atoms with Crippen molar-refractivity contribution < 1.29 is 9.18 Å². The number of carbonyl (C=O) groups excluding carboxylic acids is 1. The highest BCUT2D eigenvalue weighted by Crippen LogP contribution is 2.35. The molecule has 6 rings (SSSR count). The van der Waals surface area contributed by atoms with Crippen molar-refractivity contribution >= 4 is 39.2 Å². The monoisotopic (exact) mass is 512 g/mol. The summed E-state index contributed by atoms with van der Waals surface area (Å²) in [5.74, 6) is 0.0603. The highest BCUT2D eigenvalue weighted by atomic mass is 19.1. The van der Waals surface area contributed by atoms with E-state index >= 15 is 4.39 Å². The van der Waals surface area contributed by atoms with Crippen molar-refractivity contribution in [2.45, 2.75) is 39.5 Å². The average Bonchev–Trinajstić information content (AvgIpc) is 3.54. The molecule has 5 aromatic rings. The van der Waals surface area contributed by atoms with Crippen molar-refractivity contribution in [3.05, 3.63) is 48.7 Å². The Hall–Kier alpha value is -4.34. The van der Waals surface area contributed by atoms with Crippen LogP contribution in [0.2, 0.25) is 0 Å². The minimum atomic E-state index is -0.532. The number of anilines is 2. The predicted octanol–water partition coefficient (Wildman–Crippen LogP) is 5.68. The van der Waals surface area contributed by atoms with Gasteiger partial charge in [-0.15, -0.1) is 0 Å². The zero-order chi connectivity index (χ0) is 26.2. The number of amides is 1. The molecule has 0 atom stereocenters. The van der Waals surface area contributed by atoms with E-state index in [4.69, 9.17) is 4.98 Å². The lowest BCUT2D eigenvalue weighted by Crippen LogP contribution is -2.29. The zero-order valence-electron chi connectivity index (χ0n) is 21.4. The van der Waals surface area contributed by atoms with Crippen molar-refractivity contribution in [2.75, 3.05) is 23.3 Å². The molecule has 9 nitrogen and oxygen atoms in total. The fourth-order valence-electron chi connectivity index (χ4n) is 5.09. The third-order valence-electron chi connectivity index (χ3n) is 6.85. The maximum Gasteiger partial charge on any atom is 0.224 e. The molecule has 3 N–H and O–H groups in total. The lowest BCUT2D eigenvalue weighted by molar-refractivity contribution is -0.116. The molecule has 1 aliphatic heterocycles. The van der Waals surface area contributed by atoms with Crippen LogP contribution in [-0.2, 0) is 4.79 Å². The second-order valence-electron chi connectivity index (χ2n) is 10.2. The molecule has 1 aromatic carbocycles. The Balaban J connectivity index is 1.39. The summed E-state index contributed by atoms with van der Waals surface area (Å²) in [7, 11) is 0. The Morgan fingerprint density at radius 2 is 1.95 bits per heavy atom. The van der Waals surface area contributed by atoms with Gasteiger partial charge in [-0.3, -0.25) is 19.9 Å². The minimum Gasteiger partial charge on any atom is -0.370 e. The Morgan fingerprint density at radius 3 is 2.76 bits per heavy atom. The van der Waals surface area contributed by atoms with Gasteiger partial charge in [0.05, 0.1) is 40.2 Å². The van der Waals surface area contributed by atoms with Crippen LogP contribution in [0.25, 0.3) is 44.7 Å². The van der Waals surface area contributed by atoms with E-state index in [-0.39, 0.29) is 17.5 Å². The summed E-state index contributed by atoms with van der Waals surface area (Å²) >= 11 is 0. The van der Waals surface area contributed by atoms with Gasteiger partial charge < -0.3 is 15.2 Å². The number of hydrogen-bond donors (Lipinski definition) is 3. The summed E-state index contributed by atoms with van der Waals surface area (Å²) in [5, 5.41) is 10.4. The number of aromatic amines is 2. The molecule has 1 saturated heterocycles. The number of imidazole rings is 1. The largest absolute Gasteiger partial charge is 0.370 e. The van der Waals surface area contributed by atoms with E-state index < -0.39 is 5.82 Å². The molecule has 0 radical (unpaired) electrons. The summed E-state index contributed by atoms with van der Waals surface area (Å²) in [6.45, 7) is 5.95. The van der Waals surface area contributed by atoms with E-state index in [0.29, 0.717) is 40.1 Å². The van der Waals surface area contributed by atoms with Gasteiger partial charge in [0.15, 0.2) is 11.6 Å². The number of nitrogens with zero attached hydrogens (tertiary/aromatic N) is 5. The molecular formula is C28H29FN8O. The molecule has 0 saturated carbocycles. The van der Waals surface area contributed by atoms with Crippen LogP contribution in [0.1, 0.15) is 39.5 Å². The summed E-state index contributed by atoms with van der Waals surface area (Å²) in [5.41, 5.74) is 4.73. The number of hydrogen-bond acceptors (Lipinski definition) is 6. The van der Waals surface area contributed by atoms with Gasteiger partial charge in [0.1, 0.15) is 16.9 Å². The summed E-state index contributed by atoms with van der Waals surface area (Å²) in [6, 6.07) is 7.75. The van der Waals surface area contributed by atoms with E-state index in [9.17, 15) is 4.79 Å². The first kappa shape index (κ1) is 24.0. The Bertz CT molecular complexity index is 1630.